The first-order valence-electron chi connectivity index (χ1n) is 12.5. The van der Waals surface area contributed by atoms with E-state index in [1.807, 2.05) is 62.7 Å². The maximum absolute atomic E-state index is 12.4. The lowest BCUT2D eigenvalue weighted by Gasteiger charge is -2.17. The van der Waals surface area contributed by atoms with Gasteiger partial charge < -0.3 is 14.9 Å². The summed E-state index contributed by atoms with van der Waals surface area (Å²) in [6.07, 6.45) is 9.48. The normalized spacial score (nSPS) is 11.9. The van der Waals surface area contributed by atoms with E-state index in [0.29, 0.717) is 12.1 Å². The lowest BCUT2D eigenvalue weighted by molar-refractivity contribution is -0.117. The van der Waals surface area contributed by atoms with Crippen LogP contribution < -0.4 is 5.32 Å². The van der Waals surface area contributed by atoms with Crippen molar-refractivity contribution >= 4 is 33.5 Å². The molecule has 6 rings (SSSR count). The Morgan fingerprint density at radius 1 is 1.03 bits per heavy atom. The highest BCUT2D eigenvalue weighted by molar-refractivity contribution is 5.99. The number of aryl methyl sites for hydroxylation is 1. The average Bonchev–Trinajstić information content (AvgIpc) is 3.60. The van der Waals surface area contributed by atoms with Crippen LogP contribution in [-0.4, -0.2) is 40.6 Å². The minimum absolute atomic E-state index is 0.0262. The lowest BCUT2D eigenvalue weighted by Crippen LogP contribution is -2.19. The maximum atomic E-state index is 12.4. The third-order valence-corrected chi connectivity index (χ3v) is 6.36. The molecular formula is C29H28N8O. The average molecular weight is 505 g/mol. The van der Waals surface area contributed by atoms with Crippen LogP contribution in [0.5, 0.6) is 0 Å². The molecule has 5 heterocycles. The van der Waals surface area contributed by atoms with Crippen molar-refractivity contribution in [2.75, 3.05) is 5.32 Å². The molecule has 0 atom stereocenters. The van der Waals surface area contributed by atoms with Crippen LogP contribution in [0.15, 0.2) is 67.5 Å². The predicted molar refractivity (Wildman–Crippen MR) is 149 cm³/mol. The number of pyridine rings is 2. The summed E-state index contributed by atoms with van der Waals surface area (Å²) in [6.45, 7) is 8.10. The zero-order chi connectivity index (χ0) is 26.4. The van der Waals surface area contributed by atoms with E-state index in [1.165, 1.54) is 0 Å². The van der Waals surface area contributed by atoms with Gasteiger partial charge in [-0.1, -0.05) is 26.8 Å². The number of benzene rings is 1. The fourth-order valence-electron chi connectivity index (χ4n) is 4.67. The smallest absolute Gasteiger partial charge is 0.224 e. The summed E-state index contributed by atoms with van der Waals surface area (Å²) < 4.78 is 2.00. The second kappa shape index (κ2) is 8.95. The number of hydrogen-bond donors (Lipinski definition) is 3. The fraction of sp³-hybridized carbons (Fsp3) is 0.207. The van der Waals surface area contributed by atoms with Crippen molar-refractivity contribution in [2.24, 2.45) is 5.41 Å². The van der Waals surface area contributed by atoms with Crippen LogP contribution in [-0.2, 0) is 4.79 Å². The van der Waals surface area contributed by atoms with E-state index in [4.69, 9.17) is 0 Å². The summed E-state index contributed by atoms with van der Waals surface area (Å²) in [5.74, 6) is -0.0262. The summed E-state index contributed by atoms with van der Waals surface area (Å²) in [7, 11) is 0. The monoisotopic (exact) mass is 504 g/mol. The van der Waals surface area contributed by atoms with Gasteiger partial charge in [0.1, 0.15) is 11.3 Å². The fourth-order valence-corrected chi connectivity index (χ4v) is 4.67. The van der Waals surface area contributed by atoms with Crippen molar-refractivity contribution < 1.29 is 4.79 Å². The van der Waals surface area contributed by atoms with E-state index in [1.54, 1.807) is 24.9 Å². The molecule has 0 unspecified atom stereocenters. The molecule has 0 aliphatic carbocycles. The summed E-state index contributed by atoms with van der Waals surface area (Å²) in [5, 5.41) is 12.7. The third kappa shape index (κ3) is 4.54. The number of aromatic nitrogens is 7. The van der Waals surface area contributed by atoms with Crippen molar-refractivity contribution in [1.82, 2.24) is 34.7 Å². The Labute approximate surface area is 219 Å². The Kier molecular flexibility index (Phi) is 5.56. The van der Waals surface area contributed by atoms with E-state index in [0.717, 1.165) is 55.8 Å². The van der Waals surface area contributed by atoms with Crippen LogP contribution in [0, 0.1) is 12.3 Å². The number of nitrogens with one attached hydrogen (secondary N) is 3. The zero-order valence-electron chi connectivity index (χ0n) is 21.7. The molecule has 1 amide bonds. The second-order valence-corrected chi connectivity index (χ2v) is 10.8. The molecule has 0 aliphatic rings. The summed E-state index contributed by atoms with van der Waals surface area (Å²) in [6, 6.07) is 12.1. The molecule has 0 radical (unpaired) electrons. The van der Waals surface area contributed by atoms with Gasteiger partial charge >= 0.3 is 0 Å². The summed E-state index contributed by atoms with van der Waals surface area (Å²) >= 11 is 0. The highest BCUT2D eigenvalue weighted by Gasteiger charge is 2.17. The molecule has 5 aromatic heterocycles. The molecule has 9 nitrogen and oxygen atoms in total. The maximum Gasteiger partial charge on any atom is 0.224 e. The van der Waals surface area contributed by atoms with E-state index < -0.39 is 0 Å². The van der Waals surface area contributed by atoms with Crippen LogP contribution in [0.1, 0.15) is 32.9 Å². The standard InChI is InChI=1S/C29H28N8O/c1-17-15-37(16-32-17)25-7-8-31-28-22(25)11-24(34-28)27-21-10-18(5-6-23(21)35-36-27)19-9-20(14-30-13-19)33-26(38)12-29(2,3)4/h5-11,13-16H,12H2,1-4H3,(H,31,34)(H,33,38)(H,35,36). The van der Waals surface area contributed by atoms with Crippen molar-refractivity contribution in [3.05, 3.63) is 73.2 Å². The number of carbonyl (C=O) groups excluding carboxylic acids is 1. The molecule has 0 bridgehead atoms. The number of nitrogens with zero attached hydrogens (tertiary/aromatic N) is 5. The molecule has 9 heteroatoms. The Morgan fingerprint density at radius 2 is 1.89 bits per heavy atom. The molecule has 0 saturated heterocycles. The van der Waals surface area contributed by atoms with Gasteiger partial charge in [0.2, 0.25) is 5.91 Å². The van der Waals surface area contributed by atoms with Crippen molar-refractivity contribution in [2.45, 2.75) is 34.1 Å². The van der Waals surface area contributed by atoms with Crippen LogP contribution >= 0.6 is 0 Å². The Morgan fingerprint density at radius 3 is 2.68 bits per heavy atom. The van der Waals surface area contributed by atoms with Crippen LogP contribution in [0.25, 0.3) is 50.1 Å². The molecule has 0 aliphatic heterocycles. The number of carbonyl (C=O) groups is 1. The Hall–Kier alpha value is -4.79. The van der Waals surface area contributed by atoms with Gasteiger partial charge in [-0.05, 0) is 48.2 Å². The molecule has 190 valence electrons. The van der Waals surface area contributed by atoms with Crippen molar-refractivity contribution in [3.8, 4) is 28.2 Å². The van der Waals surface area contributed by atoms with Crippen LogP contribution in [0.2, 0.25) is 0 Å². The zero-order valence-corrected chi connectivity index (χ0v) is 21.7. The van der Waals surface area contributed by atoms with Gasteiger partial charge in [0.25, 0.3) is 0 Å². The number of hydrogen-bond acceptors (Lipinski definition) is 5. The summed E-state index contributed by atoms with van der Waals surface area (Å²) in [5.41, 5.74) is 7.77. The van der Waals surface area contributed by atoms with E-state index in [-0.39, 0.29) is 11.3 Å². The first-order valence-corrected chi connectivity index (χ1v) is 12.5. The van der Waals surface area contributed by atoms with Gasteiger partial charge in [0, 0.05) is 41.3 Å². The number of imidazole rings is 1. The van der Waals surface area contributed by atoms with Gasteiger partial charge in [-0.15, -0.1) is 0 Å². The van der Waals surface area contributed by atoms with Gasteiger partial charge in [0.05, 0.1) is 40.8 Å². The third-order valence-electron chi connectivity index (χ3n) is 6.36. The van der Waals surface area contributed by atoms with Gasteiger partial charge in [-0.25, -0.2) is 9.97 Å². The topological polar surface area (TPSA) is 117 Å². The number of fused-ring (bicyclic) bond motifs is 2. The van der Waals surface area contributed by atoms with Crippen LogP contribution in [0.3, 0.4) is 0 Å². The number of H-pyrrole nitrogens is 2. The van der Waals surface area contributed by atoms with Crippen molar-refractivity contribution in [3.63, 3.8) is 0 Å². The summed E-state index contributed by atoms with van der Waals surface area (Å²) in [4.78, 5) is 29.1. The molecule has 1 aromatic carbocycles. The molecule has 0 spiro atoms. The highest BCUT2D eigenvalue weighted by atomic mass is 16.1. The minimum atomic E-state index is -0.0888. The first kappa shape index (κ1) is 23.6. The molecule has 0 saturated carbocycles. The largest absolute Gasteiger partial charge is 0.338 e. The SMILES string of the molecule is Cc1cn(-c2ccnc3[nH]c(-c4n[nH]c5ccc(-c6cncc(NC(=O)CC(C)(C)C)c6)cc45)cc23)cn1. The van der Waals surface area contributed by atoms with Crippen LogP contribution in [0.4, 0.5) is 5.69 Å². The highest BCUT2D eigenvalue weighted by Crippen LogP contribution is 2.33. The molecule has 6 aromatic rings. The van der Waals surface area contributed by atoms with E-state index in [9.17, 15) is 4.79 Å². The quantitative estimate of drug-likeness (QED) is 0.265. The Balaban J connectivity index is 1.36. The second-order valence-electron chi connectivity index (χ2n) is 10.8. The van der Waals surface area contributed by atoms with Gasteiger partial charge in [-0.2, -0.15) is 5.10 Å². The predicted octanol–water partition coefficient (Wildman–Crippen LogP) is 6.04. The minimum Gasteiger partial charge on any atom is -0.338 e. The van der Waals surface area contributed by atoms with E-state index in [2.05, 4.69) is 47.6 Å². The lowest BCUT2D eigenvalue weighted by atomic mass is 9.92. The number of amides is 1. The molecule has 3 N–H and O–H groups in total. The number of anilines is 1. The number of aromatic amines is 2. The molecule has 0 fully saturated rings. The Bertz CT molecular complexity index is 1800. The van der Waals surface area contributed by atoms with Gasteiger partial charge in [-0.3, -0.25) is 14.9 Å². The molecule has 38 heavy (non-hydrogen) atoms. The number of rotatable bonds is 5. The molecular weight excluding hydrogens is 476 g/mol. The van der Waals surface area contributed by atoms with E-state index >= 15 is 0 Å². The first-order chi connectivity index (χ1) is 18.2. The van der Waals surface area contributed by atoms with Crippen molar-refractivity contribution in [1.29, 1.82) is 0 Å². The van der Waals surface area contributed by atoms with Gasteiger partial charge in [0.15, 0.2) is 0 Å².